The van der Waals surface area contributed by atoms with Crippen molar-refractivity contribution in [3.8, 4) is 0 Å². The molecule has 2 heterocycles. The van der Waals surface area contributed by atoms with Crippen LogP contribution in [-0.2, 0) is 16.1 Å². The second-order valence-electron chi connectivity index (χ2n) is 6.01. The Balaban J connectivity index is 2.16. The average Bonchev–Trinajstić information content (AvgIpc) is 2.86. The number of nitrogens with zero attached hydrogens (tertiary/aromatic N) is 3. The van der Waals surface area contributed by atoms with Gasteiger partial charge in [-0.15, -0.1) is 0 Å². The molecule has 1 atom stereocenters. The fraction of sp³-hybridized carbons (Fsp3) is 0.643. The Morgan fingerprint density at radius 1 is 1.35 bits per heavy atom. The number of piperazine rings is 1. The summed E-state index contributed by atoms with van der Waals surface area (Å²) >= 11 is 0. The van der Waals surface area contributed by atoms with Gasteiger partial charge in [-0.25, -0.2) is 0 Å². The van der Waals surface area contributed by atoms with E-state index in [0.29, 0.717) is 13.1 Å². The van der Waals surface area contributed by atoms with E-state index < -0.39 is 11.6 Å². The van der Waals surface area contributed by atoms with E-state index in [1.54, 1.807) is 29.6 Å². The summed E-state index contributed by atoms with van der Waals surface area (Å²) in [5.74, 6) is -0.0391. The van der Waals surface area contributed by atoms with Gasteiger partial charge >= 0.3 is 0 Å². The predicted molar refractivity (Wildman–Crippen MR) is 74.8 cm³/mol. The molecule has 0 aromatic carbocycles. The maximum atomic E-state index is 12.6. The van der Waals surface area contributed by atoms with Crippen LogP contribution in [0.3, 0.4) is 0 Å². The van der Waals surface area contributed by atoms with Gasteiger partial charge in [0.25, 0.3) is 0 Å². The zero-order valence-corrected chi connectivity index (χ0v) is 12.5. The van der Waals surface area contributed by atoms with E-state index in [1.807, 2.05) is 26.1 Å². The van der Waals surface area contributed by atoms with Crippen LogP contribution in [0.4, 0.5) is 0 Å². The minimum atomic E-state index is -0.824. The molecule has 110 valence electrons. The molecule has 0 saturated carbocycles. The van der Waals surface area contributed by atoms with Crippen LogP contribution >= 0.6 is 0 Å². The monoisotopic (exact) mass is 278 g/mol. The van der Waals surface area contributed by atoms with Gasteiger partial charge in [0.2, 0.25) is 11.8 Å². The molecule has 1 fully saturated rings. The smallest absolute Gasteiger partial charge is 0.246 e. The highest BCUT2D eigenvalue weighted by molar-refractivity contribution is 5.99. The Hall–Kier alpha value is -1.85. The highest BCUT2D eigenvalue weighted by Gasteiger charge is 2.46. The van der Waals surface area contributed by atoms with E-state index in [2.05, 4.69) is 10.4 Å². The lowest BCUT2D eigenvalue weighted by atomic mass is 9.91. The molecule has 2 amide bonds. The van der Waals surface area contributed by atoms with Gasteiger partial charge in [0.15, 0.2) is 0 Å². The Labute approximate surface area is 119 Å². The quantitative estimate of drug-likeness (QED) is 0.879. The molecule has 1 saturated heterocycles. The summed E-state index contributed by atoms with van der Waals surface area (Å²) in [6, 6.07) is 1.40. The normalized spacial score (nSPS) is 22.2. The highest BCUT2D eigenvalue weighted by Crippen LogP contribution is 2.23. The molecule has 1 aromatic rings. The molecule has 20 heavy (non-hydrogen) atoms. The van der Waals surface area contributed by atoms with Crippen molar-refractivity contribution in [3.63, 3.8) is 0 Å². The van der Waals surface area contributed by atoms with Crippen LogP contribution in [0.5, 0.6) is 0 Å². The first-order valence-electron chi connectivity index (χ1n) is 6.94. The minimum Gasteiger partial charge on any atom is -0.342 e. The number of rotatable bonds is 4. The molecule has 0 spiro atoms. The molecule has 6 nitrogen and oxygen atoms in total. The van der Waals surface area contributed by atoms with Crippen LogP contribution in [-0.4, -0.2) is 44.6 Å². The lowest BCUT2D eigenvalue weighted by Crippen LogP contribution is -2.69. The number of carbonyl (C=O) groups is 2. The number of hydrogen-bond donors (Lipinski definition) is 1. The third-order valence-corrected chi connectivity index (χ3v) is 3.83. The SMILES string of the molecule is CC(C)C1NC(=O)C(C)(C)N(CCn2cccn2)C1=O. The standard InChI is InChI=1S/C14H22N4O2/c1-10(2)11-12(19)18(14(3,4)13(20)16-11)9-8-17-7-5-6-15-17/h5-7,10-11H,8-9H2,1-4H3,(H,16,20). The van der Waals surface area contributed by atoms with Gasteiger partial charge in [-0.05, 0) is 25.8 Å². The van der Waals surface area contributed by atoms with Gasteiger partial charge in [0.05, 0.1) is 6.54 Å². The van der Waals surface area contributed by atoms with E-state index in [0.717, 1.165) is 0 Å². The van der Waals surface area contributed by atoms with Gasteiger partial charge in [-0.3, -0.25) is 14.3 Å². The summed E-state index contributed by atoms with van der Waals surface area (Å²) < 4.78 is 1.76. The average molecular weight is 278 g/mol. The zero-order chi connectivity index (χ0) is 14.9. The topological polar surface area (TPSA) is 67.2 Å². The highest BCUT2D eigenvalue weighted by atomic mass is 16.2. The van der Waals surface area contributed by atoms with Crippen molar-refractivity contribution in [2.45, 2.75) is 45.8 Å². The number of amides is 2. The van der Waals surface area contributed by atoms with E-state index in [4.69, 9.17) is 0 Å². The molecular weight excluding hydrogens is 256 g/mol. The summed E-state index contributed by atoms with van der Waals surface area (Å²) in [7, 11) is 0. The largest absolute Gasteiger partial charge is 0.342 e. The molecule has 1 aromatic heterocycles. The summed E-state index contributed by atoms with van der Waals surface area (Å²) in [6.45, 7) is 8.49. The van der Waals surface area contributed by atoms with Gasteiger partial charge in [0.1, 0.15) is 11.6 Å². The van der Waals surface area contributed by atoms with Crippen LogP contribution in [0, 0.1) is 5.92 Å². The van der Waals surface area contributed by atoms with Crippen LogP contribution in [0.2, 0.25) is 0 Å². The van der Waals surface area contributed by atoms with Crippen molar-refractivity contribution in [1.29, 1.82) is 0 Å². The molecule has 1 aliphatic rings. The van der Waals surface area contributed by atoms with Crippen molar-refractivity contribution in [2.75, 3.05) is 6.54 Å². The third-order valence-electron chi connectivity index (χ3n) is 3.83. The molecule has 1 N–H and O–H groups in total. The molecule has 1 aliphatic heterocycles. The number of hydrogen-bond acceptors (Lipinski definition) is 3. The molecule has 1 unspecified atom stereocenters. The van der Waals surface area contributed by atoms with Crippen molar-refractivity contribution < 1.29 is 9.59 Å². The fourth-order valence-corrected chi connectivity index (χ4v) is 2.42. The molecule has 6 heteroatoms. The number of aromatic nitrogens is 2. The summed E-state index contributed by atoms with van der Waals surface area (Å²) in [5, 5.41) is 6.95. The number of carbonyl (C=O) groups excluding carboxylic acids is 2. The first-order valence-corrected chi connectivity index (χ1v) is 6.94. The lowest BCUT2D eigenvalue weighted by Gasteiger charge is -2.45. The van der Waals surface area contributed by atoms with Crippen molar-refractivity contribution in [3.05, 3.63) is 18.5 Å². The van der Waals surface area contributed by atoms with Gasteiger partial charge in [-0.1, -0.05) is 13.8 Å². The van der Waals surface area contributed by atoms with Crippen LogP contribution in [0.1, 0.15) is 27.7 Å². The molecular formula is C14H22N4O2. The second-order valence-corrected chi connectivity index (χ2v) is 6.01. The molecule has 0 bridgehead atoms. The Kier molecular flexibility index (Phi) is 3.83. The summed E-state index contributed by atoms with van der Waals surface area (Å²) in [6.07, 6.45) is 3.55. The summed E-state index contributed by atoms with van der Waals surface area (Å²) in [5.41, 5.74) is -0.824. The zero-order valence-electron chi connectivity index (χ0n) is 12.5. The maximum absolute atomic E-state index is 12.6. The first kappa shape index (κ1) is 14.6. The van der Waals surface area contributed by atoms with Crippen molar-refractivity contribution in [2.24, 2.45) is 5.92 Å². The minimum absolute atomic E-state index is 0.0169. The van der Waals surface area contributed by atoms with Gasteiger partial charge in [0, 0.05) is 18.9 Å². The lowest BCUT2D eigenvalue weighted by molar-refractivity contribution is -0.156. The van der Waals surface area contributed by atoms with E-state index in [9.17, 15) is 9.59 Å². The Morgan fingerprint density at radius 3 is 2.60 bits per heavy atom. The molecule has 0 radical (unpaired) electrons. The van der Waals surface area contributed by atoms with Gasteiger partial charge < -0.3 is 10.2 Å². The van der Waals surface area contributed by atoms with E-state index >= 15 is 0 Å². The van der Waals surface area contributed by atoms with Crippen molar-refractivity contribution >= 4 is 11.8 Å². The third kappa shape index (κ3) is 2.55. The maximum Gasteiger partial charge on any atom is 0.246 e. The van der Waals surface area contributed by atoms with Crippen molar-refractivity contribution in [1.82, 2.24) is 20.0 Å². The fourth-order valence-electron chi connectivity index (χ4n) is 2.42. The number of nitrogens with one attached hydrogen (secondary N) is 1. The Bertz CT molecular complexity index is 493. The first-order chi connectivity index (χ1) is 9.34. The van der Waals surface area contributed by atoms with Crippen LogP contribution in [0.15, 0.2) is 18.5 Å². The Morgan fingerprint density at radius 2 is 2.05 bits per heavy atom. The molecule has 2 rings (SSSR count). The molecule has 0 aliphatic carbocycles. The van der Waals surface area contributed by atoms with Gasteiger partial charge in [-0.2, -0.15) is 5.10 Å². The summed E-state index contributed by atoms with van der Waals surface area (Å²) in [4.78, 5) is 26.5. The van der Waals surface area contributed by atoms with E-state index in [1.165, 1.54) is 0 Å². The predicted octanol–water partition coefficient (Wildman–Crippen LogP) is 0.645. The van der Waals surface area contributed by atoms with E-state index in [-0.39, 0.29) is 17.7 Å². The van der Waals surface area contributed by atoms with Crippen LogP contribution in [0.25, 0.3) is 0 Å². The van der Waals surface area contributed by atoms with Crippen LogP contribution < -0.4 is 5.32 Å². The second kappa shape index (κ2) is 5.26.